The Morgan fingerprint density at radius 2 is 2.11 bits per heavy atom. The number of halogens is 1. The molecule has 6 heteroatoms. The minimum atomic E-state index is 0. The van der Waals surface area contributed by atoms with Crippen LogP contribution < -0.4 is 10.5 Å². The Morgan fingerprint density at radius 3 is 2.67 bits per heavy atom. The van der Waals surface area contributed by atoms with E-state index in [4.69, 9.17) is 10.5 Å². The highest BCUT2D eigenvalue weighted by Crippen LogP contribution is 2.09. The molecule has 0 spiro atoms. The quantitative estimate of drug-likeness (QED) is 0.391. The highest BCUT2D eigenvalue weighted by atomic mass is 79.9. The fourth-order valence-electron chi connectivity index (χ4n) is 1.02. The second-order valence-electron chi connectivity index (χ2n) is 3.06. The average Bonchev–Trinajstić information content (AvgIpc) is 2.37. The first-order valence-electron chi connectivity index (χ1n) is 5.00. The maximum atomic E-state index is 5.60. The summed E-state index contributed by atoms with van der Waals surface area (Å²) in [5.74, 6) is 1.54. The molecule has 0 fully saturated rings. The monoisotopic (exact) mass is 329 g/mol. The lowest BCUT2D eigenvalue weighted by Crippen LogP contribution is -2.05. The number of thioether (sulfide) groups is 1. The summed E-state index contributed by atoms with van der Waals surface area (Å²) >= 11 is 1.39. The summed E-state index contributed by atoms with van der Waals surface area (Å²) in [5.41, 5.74) is 6.54. The van der Waals surface area contributed by atoms with Crippen molar-refractivity contribution in [1.82, 2.24) is 0 Å². The van der Waals surface area contributed by atoms with Crippen LogP contribution >= 0.6 is 28.7 Å². The number of hydrogen-bond acceptors (Lipinski definition) is 4. The molecular formula is C12H16BrN3OS. The molecule has 1 aromatic carbocycles. The van der Waals surface area contributed by atoms with Gasteiger partial charge >= 0.3 is 0 Å². The van der Waals surface area contributed by atoms with Gasteiger partial charge in [-0.3, -0.25) is 0 Å². The van der Waals surface area contributed by atoms with Gasteiger partial charge in [0.1, 0.15) is 5.75 Å². The molecule has 1 rings (SSSR count). The van der Waals surface area contributed by atoms with Crippen LogP contribution in [-0.2, 0) is 0 Å². The fourth-order valence-corrected chi connectivity index (χ4v) is 1.41. The van der Waals surface area contributed by atoms with Crippen LogP contribution in [0.5, 0.6) is 5.75 Å². The van der Waals surface area contributed by atoms with E-state index in [0.29, 0.717) is 5.17 Å². The number of benzene rings is 1. The standard InChI is InChI=1S/C12H15N3OS.BrH/c1-3-8-17-12(13)15-14-9-10-4-6-11(16-2)7-5-10;/h3-7,9H,1,8H2,2H3,(H2,13,15);1H/b14-9+;. The highest BCUT2D eigenvalue weighted by molar-refractivity contribution is 8.93. The molecule has 0 aliphatic rings. The van der Waals surface area contributed by atoms with Crippen molar-refractivity contribution in [3.05, 3.63) is 42.5 Å². The lowest BCUT2D eigenvalue weighted by Gasteiger charge is -1.98. The molecule has 0 amide bonds. The second-order valence-corrected chi connectivity index (χ2v) is 4.10. The Morgan fingerprint density at radius 1 is 1.44 bits per heavy atom. The largest absolute Gasteiger partial charge is 0.497 e. The van der Waals surface area contributed by atoms with Crippen LogP contribution in [0.2, 0.25) is 0 Å². The van der Waals surface area contributed by atoms with Gasteiger partial charge in [0.25, 0.3) is 0 Å². The molecule has 0 saturated heterocycles. The van der Waals surface area contributed by atoms with Crippen molar-refractivity contribution in [2.75, 3.05) is 12.9 Å². The summed E-state index contributed by atoms with van der Waals surface area (Å²) in [6.45, 7) is 3.60. The molecule has 0 unspecified atom stereocenters. The molecule has 0 saturated carbocycles. The zero-order chi connectivity index (χ0) is 12.5. The van der Waals surface area contributed by atoms with E-state index in [-0.39, 0.29) is 17.0 Å². The zero-order valence-corrected chi connectivity index (χ0v) is 12.6. The van der Waals surface area contributed by atoms with E-state index in [9.17, 15) is 0 Å². The third-order valence-corrected chi connectivity index (χ3v) is 2.61. The number of nitrogens with zero attached hydrogens (tertiary/aromatic N) is 2. The van der Waals surface area contributed by atoms with E-state index in [2.05, 4.69) is 16.8 Å². The van der Waals surface area contributed by atoms with Gasteiger partial charge in [0.15, 0.2) is 5.17 Å². The van der Waals surface area contributed by atoms with E-state index in [0.717, 1.165) is 17.1 Å². The molecule has 2 N–H and O–H groups in total. The molecule has 4 nitrogen and oxygen atoms in total. The third-order valence-electron chi connectivity index (χ3n) is 1.83. The molecule has 0 radical (unpaired) electrons. The van der Waals surface area contributed by atoms with Crippen LogP contribution in [0.1, 0.15) is 5.56 Å². The third kappa shape index (κ3) is 6.46. The van der Waals surface area contributed by atoms with Crippen LogP contribution in [0.25, 0.3) is 0 Å². The van der Waals surface area contributed by atoms with Crippen molar-refractivity contribution >= 4 is 40.1 Å². The molecule has 18 heavy (non-hydrogen) atoms. The number of nitrogens with two attached hydrogens (primary N) is 1. The zero-order valence-electron chi connectivity index (χ0n) is 10.1. The van der Waals surface area contributed by atoms with Crippen LogP contribution in [0.4, 0.5) is 0 Å². The van der Waals surface area contributed by atoms with Gasteiger partial charge in [-0.1, -0.05) is 17.8 Å². The van der Waals surface area contributed by atoms with Crippen molar-refractivity contribution in [3.63, 3.8) is 0 Å². The van der Waals surface area contributed by atoms with Crippen molar-refractivity contribution < 1.29 is 4.74 Å². The first kappa shape index (κ1) is 16.7. The van der Waals surface area contributed by atoms with Crippen molar-refractivity contribution in [2.24, 2.45) is 15.9 Å². The van der Waals surface area contributed by atoms with E-state index in [1.54, 1.807) is 19.4 Å². The van der Waals surface area contributed by atoms with Gasteiger partial charge in [0.2, 0.25) is 0 Å². The van der Waals surface area contributed by atoms with E-state index in [1.807, 2.05) is 24.3 Å². The maximum Gasteiger partial charge on any atom is 0.180 e. The first-order valence-corrected chi connectivity index (χ1v) is 5.99. The minimum absolute atomic E-state index is 0. The van der Waals surface area contributed by atoms with Gasteiger partial charge in [-0.25, -0.2) is 0 Å². The summed E-state index contributed by atoms with van der Waals surface area (Å²) in [7, 11) is 1.63. The van der Waals surface area contributed by atoms with Crippen LogP contribution in [-0.4, -0.2) is 24.2 Å². The summed E-state index contributed by atoms with van der Waals surface area (Å²) in [4.78, 5) is 0. The highest BCUT2D eigenvalue weighted by Gasteiger charge is 1.91. The van der Waals surface area contributed by atoms with Gasteiger partial charge in [-0.15, -0.1) is 28.7 Å². The molecule has 0 aromatic heterocycles. The summed E-state index contributed by atoms with van der Waals surface area (Å²) in [6.07, 6.45) is 3.40. The molecule has 1 aromatic rings. The Hall–Kier alpha value is -1.27. The lowest BCUT2D eigenvalue weighted by atomic mass is 10.2. The van der Waals surface area contributed by atoms with Gasteiger partial charge in [0, 0.05) is 5.75 Å². The van der Waals surface area contributed by atoms with Crippen LogP contribution in [0.3, 0.4) is 0 Å². The SMILES string of the molecule is Br.C=CCS/C(N)=N/N=C/c1ccc(OC)cc1. The number of methoxy groups -OCH3 is 1. The normalized spacial score (nSPS) is 11.1. The maximum absolute atomic E-state index is 5.60. The molecule has 0 bridgehead atoms. The van der Waals surface area contributed by atoms with Gasteiger partial charge in [-0.2, -0.15) is 5.10 Å². The van der Waals surface area contributed by atoms with E-state index in [1.165, 1.54) is 11.8 Å². The van der Waals surface area contributed by atoms with Gasteiger partial charge < -0.3 is 10.5 Å². The summed E-state index contributed by atoms with van der Waals surface area (Å²) < 4.78 is 5.05. The van der Waals surface area contributed by atoms with Crippen molar-refractivity contribution in [3.8, 4) is 5.75 Å². The number of ether oxygens (including phenoxy) is 1. The summed E-state index contributed by atoms with van der Waals surface area (Å²) in [5, 5.41) is 8.16. The van der Waals surface area contributed by atoms with Crippen molar-refractivity contribution in [2.45, 2.75) is 0 Å². The second kappa shape index (κ2) is 9.73. The molecule has 0 aliphatic carbocycles. The predicted molar refractivity (Wildman–Crippen MR) is 85.2 cm³/mol. The van der Waals surface area contributed by atoms with Gasteiger partial charge in [-0.05, 0) is 29.8 Å². The van der Waals surface area contributed by atoms with Crippen molar-refractivity contribution in [1.29, 1.82) is 0 Å². The molecular weight excluding hydrogens is 314 g/mol. The predicted octanol–water partition coefficient (Wildman–Crippen LogP) is 2.84. The van der Waals surface area contributed by atoms with E-state index < -0.39 is 0 Å². The lowest BCUT2D eigenvalue weighted by molar-refractivity contribution is 0.415. The van der Waals surface area contributed by atoms with Gasteiger partial charge in [0.05, 0.1) is 13.3 Å². The Labute approximate surface area is 122 Å². The topological polar surface area (TPSA) is 60.0 Å². The van der Waals surface area contributed by atoms with Crippen LogP contribution in [0, 0.1) is 0 Å². The fraction of sp³-hybridized carbons (Fsp3) is 0.167. The Kier molecular flexibility index (Phi) is 9.04. The van der Waals surface area contributed by atoms with E-state index >= 15 is 0 Å². The Balaban J connectivity index is 0.00000289. The smallest absolute Gasteiger partial charge is 0.180 e. The number of rotatable bonds is 5. The molecule has 0 atom stereocenters. The number of hydrogen-bond donors (Lipinski definition) is 1. The number of amidine groups is 1. The summed E-state index contributed by atoms with van der Waals surface area (Å²) in [6, 6.07) is 7.51. The molecule has 0 aliphatic heterocycles. The molecule has 0 heterocycles. The first-order chi connectivity index (χ1) is 8.26. The Bertz CT molecular complexity index is 418. The minimum Gasteiger partial charge on any atom is -0.497 e. The molecule has 98 valence electrons. The van der Waals surface area contributed by atoms with Crippen LogP contribution in [0.15, 0.2) is 47.1 Å². The average molecular weight is 330 g/mol.